The van der Waals surface area contributed by atoms with Crippen LogP contribution in [-0.2, 0) is 9.53 Å². The van der Waals surface area contributed by atoms with Crippen LogP contribution >= 0.6 is 15.9 Å². The lowest BCUT2D eigenvalue weighted by atomic mass is 10.1. The molecule has 6 heteroatoms. The zero-order valence-electron chi connectivity index (χ0n) is 14.5. The predicted octanol–water partition coefficient (Wildman–Crippen LogP) is 4.59. The molecule has 0 unspecified atom stereocenters. The Morgan fingerprint density at radius 2 is 2.00 bits per heavy atom. The molecule has 2 aromatic rings. The second-order valence-corrected chi connectivity index (χ2v) is 6.43. The van der Waals surface area contributed by atoms with Crippen LogP contribution in [0.5, 0.6) is 11.5 Å². The van der Waals surface area contributed by atoms with Crippen molar-refractivity contribution in [3.05, 3.63) is 63.8 Å². The van der Waals surface area contributed by atoms with Gasteiger partial charge in [-0.05, 0) is 58.3 Å². The predicted molar refractivity (Wildman–Crippen MR) is 104 cm³/mol. The van der Waals surface area contributed by atoms with Crippen molar-refractivity contribution in [2.45, 2.75) is 13.3 Å². The number of benzene rings is 2. The van der Waals surface area contributed by atoms with Gasteiger partial charge in [-0.15, -0.1) is 0 Å². The van der Waals surface area contributed by atoms with Gasteiger partial charge in [-0.2, -0.15) is 0 Å². The highest BCUT2D eigenvalue weighted by molar-refractivity contribution is 9.10. The number of rotatable bonds is 6. The van der Waals surface area contributed by atoms with Gasteiger partial charge >= 0.3 is 5.97 Å². The number of hydrogen-bond acceptors (Lipinski definition) is 5. The SMILES string of the molecule is CCCOc1ccc(/C=C2/N=C(c3ccccc3Br)OC2=O)cc1OC. The molecule has 0 saturated carbocycles. The van der Waals surface area contributed by atoms with E-state index in [1.54, 1.807) is 19.3 Å². The Morgan fingerprint density at radius 1 is 1.19 bits per heavy atom. The van der Waals surface area contributed by atoms with Gasteiger partial charge in [0.1, 0.15) is 0 Å². The van der Waals surface area contributed by atoms with Crippen molar-refractivity contribution >= 4 is 33.9 Å². The van der Waals surface area contributed by atoms with Crippen molar-refractivity contribution < 1.29 is 19.0 Å². The van der Waals surface area contributed by atoms with E-state index in [2.05, 4.69) is 20.9 Å². The Morgan fingerprint density at radius 3 is 2.73 bits per heavy atom. The van der Waals surface area contributed by atoms with E-state index in [0.717, 1.165) is 22.0 Å². The first kappa shape index (κ1) is 18.2. The molecule has 0 aliphatic carbocycles. The lowest BCUT2D eigenvalue weighted by Gasteiger charge is -2.10. The van der Waals surface area contributed by atoms with Crippen LogP contribution in [0.2, 0.25) is 0 Å². The van der Waals surface area contributed by atoms with Crippen molar-refractivity contribution in [2.24, 2.45) is 4.99 Å². The summed E-state index contributed by atoms with van der Waals surface area (Å²) in [7, 11) is 1.58. The zero-order chi connectivity index (χ0) is 18.5. The van der Waals surface area contributed by atoms with Crippen LogP contribution < -0.4 is 9.47 Å². The molecule has 5 nitrogen and oxygen atoms in total. The van der Waals surface area contributed by atoms with Crippen LogP contribution in [0.25, 0.3) is 6.08 Å². The number of methoxy groups -OCH3 is 1. The van der Waals surface area contributed by atoms with Crippen LogP contribution in [0.4, 0.5) is 0 Å². The molecule has 26 heavy (non-hydrogen) atoms. The zero-order valence-corrected chi connectivity index (χ0v) is 16.1. The van der Waals surface area contributed by atoms with E-state index in [1.165, 1.54) is 0 Å². The van der Waals surface area contributed by atoms with Crippen molar-refractivity contribution in [1.82, 2.24) is 0 Å². The molecular formula is C20H18BrNO4. The fourth-order valence-corrected chi connectivity index (χ4v) is 2.88. The topological polar surface area (TPSA) is 57.1 Å². The molecule has 3 rings (SSSR count). The second-order valence-electron chi connectivity index (χ2n) is 5.57. The molecule has 0 spiro atoms. The van der Waals surface area contributed by atoms with Gasteiger partial charge in [0.05, 0.1) is 19.3 Å². The Balaban J connectivity index is 1.89. The number of aliphatic imine (C=N–C) groups is 1. The van der Waals surface area contributed by atoms with Gasteiger partial charge in [0, 0.05) is 4.47 Å². The molecule has 134 valence electrons. The lowest BCUT2D eigenvalue weighted by molar-refractivity contribution is -0.129. The molecule has 1 aliphatic rings. The molecular weight excluding hydrogens is 398 g/mol. The maximum Gasteiger partial charge on any atom is 0.363 e. The fourth-order valence-electron chi connectivity index (χ4n) is 2.42. The summed E-state index contributed by atoms with van der Waals surface area (Å²) in [5.74, 6) is 1.07. The highest BCUT2D eigenvalue weighted by atomic mass is 79.9. The van der Waals surface area contributed by atoms with Gasteiger partial charge in [0.25, 0.3) is 0 Å². The standard InChI is InChI=1S/C20H18BrNO4/c1-3-10-25-17-9-8-13(12-18(17)24-2)11-16-20(23)26-19(22-16)14-6-4-5-7-15(14)21/h4-9,11-12H,3,10H2,1-2H3/b16-11+. The molecule has 0 bridgehead atoms. The number of ether oxygens (including phenoxy) is 3. The third-order valence-corrected chi connectivity index (χ3v) is 4.37. The summed E-state index contributed by atoms with van der Waals surface area (Å²) in [5, 5.41) is 0. The number of cyclic esters (lactones) is 1. The first-order chi connectivity index (χ1) is 12.6. The van der Waals surface area contributed by atoms with E-state index in [-0.39, 0.29) is 11.6 Å². The van der Waals surface area contributed by atoms with Crippen LogP contribution in [-0.4, -0.2) is 25.6 Å². The molecule has 1 heterocycles. The van der Waals surface area contributed by atoms with Gasteiger partial charge in [-0.1, -0.05) is 25.1 Å². The Bertz CT molecular complexity index is 889. The Kier molecular flexibility index (Phi) is 5.73. The average Bonchev–Trinajstić information content (AvgIpc) is 3.01. The number of hydrogen-bond donors (Lipinski definition) is 0. The largest absolute Gasteiger partial charge is 0.493 e. The smallest absolute Gasteiger partial charge is 0.363 e. The number of carbonyl (C=O) groups excluding carboxylic acids is 1. The van der Waals surface area contributed by atoms with Crippen LogP contribution in [0.3, 0.4) is 0 Å². The summed E-state index contributed by atoms with van der Waals surface area (Å²) in [6, 6.07) is 12.9. The highest BCUT2D eigenvalue weighted by Gasteiger charge is 2.25. The molecule has 0 saturated heterocycles. The number of esters is 1. The molecule has 0 N–H and O–H groups in total. The summed E-state index contributed by atoms with van der Waals surface area (Å²) in [6.07, 6.45) is 2.58. The van der Waals surface area contributed by atoms with Crippen molar-refractivity contribution in [2.75, 3.05) is 13.7 Å². The van der Waals surface area contributed by atoms with E-state index in [0.29, 0.717) is 18.1 Å². The van der Waals surface area contributed by atoms with E-state index in [1.807, 2.05) is 43.3 Å². The molecule has 0 aromatic heterocycles. The van der Waals surface area contributed by atoms with Crippen LogP contribution in [0.1, 0.15) is 24.5 Å². The van der Waals surface area contributed by atoms with Gasteiger partial charge in [0.2, 0.25) is 5.90 Å². The van der Waals surface area contributed by atoms with Gasteiger partial charge in [0.15, 0.2) is 17.2 Å². The van der Waals surface area contributed by atoms with E-state index < -0.39 is 5.97 Å². The quantitative estimate of drug-likeness (QED) is 0.511. The molecule has 0 fully saturated rings. The minimum Gasteiger partial charge on any atom is -0.493 e. The maximum atomic E-state index is 12.2. The monoisotopic (exact) mass is 415 g/mol. The van der Waals surface area contributed by atoms with Crippen LogP contribution in [0.15, 0.2) is 57.6 Å². The highest BCUT2D eigenvalue weighted by Crippen LogP contribution is 2.30. The summed E-state index contributed by atoms with van der Waals surface area (Å²) >= 11 is 3.44. The number of carbonyl (C=O) groups is 1. The maximum absolute atomic E-state index is 12.2. The summed E-state index contributed by atoms with van der Waals surface area (Å²) < 4.78 is 17.1. The Hall–Kier alpha value is -2.60. The third kappa shape index (κ3) is 3.96. The molecule has 0 radical (unpaired) electrons. The second kappa shape index (κ2) is 8.19. The first-order valence-corrected chi connectivity index (χ1v) is 9.00. The lowest BCUT2D eigenvalue weighted by Crippen LogP contribution is -2.05. The van der Waals surface area contributed by atoms with Gasteiger partial charge < -0.3 is 14.2 Å². The normalized spacial score (nSPS) is 15.0. The van der Waals surface area contributed by atoms with Crippen molar-refractivity contribution in [1.29, 1.82) is 0 Å². The Labute approximate surface area is 160 Å². The van der Waals surface area contributed by atoms with E-state index in [4.69, 9.17) is 14.2 Å². The van der Waals surface area contributed by atoms with E-state index in [9.17, 15) is 4.79 Å². The van der Waals surface area contributed by atoms with Crippen LogP contribution in [0, 0.1) is 0 Å². The summed E-state index contributed by atoms with van der Waals surface area (Å²) in [4.78, 5) is 16.5. The molecule has 0 atom stereocenters. The van der Waals surface area contributed by atoms with Crippen molar-refractivity contribution in [3.63, 3.8) is 0 Å². The minimum atomic E-state index is -0.485. The summed E-state index contributed by atoms with van der Waals surface area (Å²) in [5.41, 5.74) is 1.74. The van der Waals surface area contributed by atoms with Gasteiger partial charge in [-0.25, -0.2) is 9.79 Å². The molecule has 1 aliphatic heterocycles. The first-order valence-electron chi connectivity index (χ1n) is 8.20. The summed E-state index contributed by atoms with van der Waals surface area (Å²) in [6.45, 7) is 2.65. The average molecular weight is 416 g/mol. The number of halogens is 1. The number of nitrogens with zero attached hydrogens (tertiary/aromatic N) is 1. The van der Waals surface area contributed by atoms with E-state index >= 15 is 0 Å². The molecule has 2 aromatic carbocycles. The van der Waals surface area contributed by atoms with Gasteiger partial charge in [-0.3, -0.25) is 0 Å². The fraction of sp³-hybridized carbons (Fsp3) is 0.200. The third-order valence-electron chi connectivity index (χ3n) is 3.68. The van der Waals surface area contributed by atoms with Crippen molar-refractivity contribution in [3.8, 4) is 11.5 Å². The molecule has 0 amide bonds. The minimum absolute atomic E-state index is 0.236.